The highest BCUT2D eigenvalue weighted by Gasteiger charge is 2.56. The van der Waals surface area contributed by atoms with Gasteiger partial charge in [-0.25, -0.2) is 0 Å². The minimum atomic E-state index is -1.69. The van der Waals surface area contributed by atoms with Gasteiger partial charge in [-0.15, -0.1) is 0 Å². The number of hydrogen-bond donors (Lipinski definition) is 10. The fourth-order valence-corrected chi connectivity index (χ4v) is 7.14. The first-order chi connectivity index (χ1) is 19.5. The van der Waals surface area contributed by atoms with Gasteiger partial charge >= 0.3 is 0 Å². The third-order valence-corrected chi connectivity index (χ3v) is 9.49. The van der Waals surface area contributed by atoms with Gasteiger partial charge < -0.3 is 74.7 Å². The predicted octanol–water partition coefficient (Wildman–Crippen LogP) is -5.04. The molecule has 238 valence electrons. The van der Waals surface area contributed by atoms with Crippen LogP contribution in [-0.4, -0.2) is 167 Å². The van der Waals surface area contributed by atoms with E-state index >= 15 is 0 Å². The minimum Gasteiger partial charge on any atom is -0.427 e. The Morgan fingerprint density at radius 2 is 1.29 bits per heavy atom. The van der Waals surface area contributed by atoms with Crippen LogP contribution in [0.1, 0.15) is 38.5 Å². The van der Waals surface area contributed by atoms with E-state index in [0.29, 0.717) is 25.7 Å². The van der Waals surface area contributed by atoms with Crippen molar-refractivity contribution < 1.29 is 74.7 Å². The van der Waals surface area contributed by atoms with Crippen LogP contribution in [0.15, 0.2) is 0 Å². The van der Waals surface area contributed by atoms with Gasteiger partial charge in [0.2, 0.25) is 0 Å². The van der Waals surface area contributed by atoms with Crippen LogP contribution in [0.3, 0.4) is 0 Å². The molecule has 11 N–H and O–H groups in total. The van der Waals surface area contributed by atoms with E-state index in [2.05, 4.69) is 0 Å². The summed E-state index contributed by atoms with van der Waals surface area (Å²) in [6.45, 7) is -1.26. The molecule has 0 radical (unpaired) electrons. The maximum absolute atomic E-state index is 11.0. The van der Waals surface area contributed by atoms with Crippen molar-refractivity contribution in [3.63, 3.8) is 0 Å². The van der Waals surface area contributed by atoms with Crippen LogP contribution in [0.25, 0.3) is 0 Å². The summed E-state index contributed by atoms with van der Waals surface area (Å²) in [4.78, 5) is 0. The molecule has 2 saturated carbocycles. The van der Waals surface area contributed by atoms with Gasteiger partial charge in [0.25, 0.3) is 0 Å². The fourth-order valence-electron chi connectivity index (χ4n) is 7.14. The molecule has 5 aliphatic rings. The molecule has 15 nitrogen and oxygen atoms in total. The molecule has 0 aromatic heterocycles. The quantitative estimate of drug-likeness (QED) is 0.123. The lowest BCUT2D eigenvalue weighted by Gasteiger charge is -2.48. The molecule has 0 spiro atoms. The highest BCUT2D eigenvalue weighted by atomic mass is 16.7. The van der Waals surface area contributed by atoms with Crippen molar-refractivity contribution in [2.45, 2.75) is 137 Å². The zero-order chi connectivity index (χ0) is 29.6. The smallest absolute Gasteiger partial charge is 0.187 e. The number of fused-ring (bicyclic) bond motifs is 1. The minimum absolute atomic E-state index is 0.191. The molecule has 2 aliphatic carbocycles. The molecule has 5 rings (SSSR count). The van der Waals surface area contributed by atoms with E-state index in [1.54, 1.807) is 0 Å². The Kier molecular flexibility index (Phi) is 10.2. The zero-order valence-electron chi connectivity index (χ0n) is 22.6. The van der Waals surface area contributed by atoms with Gasteiger partial charge in [0.05, 0.1) is 43.5 Å². The molecule has 18 atom stereocenters. The van der Waals surface area contributed by atoms with E-state index in [1.807, 2.05) is 0 Å². The lowest BCUT2D eigenvalue weighted by atomic mass is 9.72. The van der Waals surface area contributed by atoms with E-state index in [4.69, 9.17) is 23.7 Å². The first-order valence-electron chi connectivity index (χ1n) is 14.5. The van der Waals surface area contributed by atoms with E-state index in [-0.39, 0.29) is 30.8 Å². The Labute approximate surface area is 236 Å². The van der Waals surface area contributed by atoms with Crippen molar-refractivity contribution in [1.29, 1.82) is 0 Å². The fraction of sp³-hybridized carbons (Fsp3) is 1.00. The van der Waals surface area contributed by atoms with Gasteiger partial charge in [-0.3, -0.25) is 0 Å². The summed E-state index contributed by atoms with van der Waals surface area (Å²) < 4.78 is 27.9. The monoisotopic (exact) mass is 597 g/mol. The average molecular weight is 598 g/mol. The SMILES string of the molecule is OCC1OC(OC2C(CO)OC(OC3CC4C(O)CC(O)CC4[OH+]C3C3CCC(O)C(O)C3)C(O)C2O)C(O)C1O. The van der Waals surface area contributed by atoms with Crippen LogP contribution in [0.4, 0.5) is 0 Å². The summed E-state index contributed by atoms with van der Waals surface area (Å²) in [5, 5.41) is 103. The summed E-state index contributed by atoms with van der Waals surface area (Å²) >= 11 is 0. The van der Waals surface area contributed by atoms with Gasteiger partial charge in [0, 0.05) is 18.8 Å². The number of hydrogen-bond acceptors (Lipinski definition) is 14. The lowest BCUT2D eigenvalue weighted by Crippen LogP contribution is -2.64. The largest absolute Gasteiger partial charge is 0.427 e. The second kappa shape index (κ2) is 13.2. The highest BCUT2D eigenvalue weighted by Crippen LogP contribution is 2.42. The standard InChI is InChI=1S/C26H44O15/c27-7-17-19(33)21(35)26(39-17)41-24-18(8-28)40-25(22(36)20(24)34)38-16-6-11-13(31)4-10(29)5-15(11)37-23(16)9-1-2-12(30)14(32)3-9/h9-36H,1-8H2/p+1. The maximum Gasteiger partial charge on any atom is 0.187 e. The number of ether oxygens (including phenoxy) is 5. The molecule has 0 aromatic carbocycles. The molecule has 0 aromatic rings. The van der Waals surface area contributed by atoms with E-state index in [1.165, 1.54) is 0 Å². The van der Waals surface area contributed by atoms with Crippen LogP contribution in [0.5, 0.6) is 0 Å². The molecule has 41 heavy (non-hydrogen) atoms. The van der Waals surface area contributed by atoms with Gasteiger partial charge in [-0.05, 0) is 25.7 Å². The summed E-state index contributed by atoms with van der Waals surface area (Å²) in [5.74, 6) is -0.529. The Hall–Kier alpha value is -0.600. The van der Waals surface area contributed by atoms with E-state index in [9.17, 15) is 51.1 Å². The normalized spacial score (nSPS) is 54.6. The summed E-state index contributed by atoms with van der Waals surface area (Å²) in [6.07, 6.45) is -16.0. The van der Waals surface area contributed by atoms with Crippen LogP contribution in [-0.2, 0) is 18.9 Å². The maximum atomic E-state index is 11.0. The average Bonchev–Trinajstić information content (AvgIpc) is 3.22. The van der Waals surface area contributed by atoms with Crippen molar-refractivity contribution >= 4 is 0 Å². The van der Waals surface area contributed by atoms with Crippen molar-refractivity contribution in [3.8, 4) is 0 Å². The van der Waals surface area contributed by atoms with Gasteiger partial charge in [0.15, 0.2) is 24.8 Å². The van der Waals surface area contributed by atoms with Crippen molar-refractivity contribution in [1.82, 2.24) is 0 Å². The van der Waals surface area contributed by atoms with Crippen LogP contribution in [0.2, 0.25) is 0 Å². The molecular weight excluding hydrogens is 552 g/mol. The highest BCUT2D eigenvalue weighted by molar-refractivity contribution is 4.99. The van der Waals surface area contributed by atoms with E-state index in [0.717, 1.165) is 0 Å². The van der Waals surface area contributed by atoms with Crippen LogP contribution in [0, 0.1) is 11.8 Å². The van der Waals surface area contributed by atoms with Crippen LogP contribution < -0.4 is 0 Å². The first kappa shape index (κ1) is 31.8. The Morgan fingerprint density at radius 1 is 0.634 bits per heavy atom. The Balaban J connectivity index is 1.30. The van der Waals surface area contributed by atoms with Gasteiger partial charge in [-0.1, -0.05) is 0 Å². The first-order valence-corrected chi connectivity index (χ1v) is 14.5. The molecule has 5 fully saturated rings. The van der Waals surface area contributed by atoms with Crippen molar-refractivity contribution in [2.75, 3.05) is 13.2 Å². The predicted molar refractivity (Wildman–Crippen MR) is 134 cm³/mol. The second-order valence-corrected chi connectivity index (χ2v) is 12.2. The Bertz CT molecular complexity index is 850. The van der Waals surface area contributed by atoms with Gasteiger partial charge in [0.1, 0.15) is 48.8 Å². The van der Waals surface area contributed by atoms with E-state index < -0.39 is 105 Å². The Morgan fingerprint density at radius 3 is 1.95 bits per heavy atom. The number of aliphatic hydroxyl groups excluding tert-OH is 10. The summed E-state index contributed by atoms with van der Waals surface area (Å²) in [5.41, 5.74) is 0. The number of aliphatic hydroxyl groups is 12. The summed E-state index contributed by atoms with van der Waals surface area (Å²) in [7, 11) is 0. The molecule has 3 aliphatic heterocycles. The molecule has 18 unspecified atom stereocenters. The zero-order valence-corrected chi connectivity index (χ0v) is 22.6. The molecular formula is C26H45O15+. The second-order valence-electron chi connectivity index (χ2n) is 12.2. The third kappa shape index (κ3) is 6.45. The van der Waals surface area contributed by atoms with Gasteiger partial charge in [-0.2, -0.15) is 0 Å². The third-order valence-electron chi connectivity index (χ3n) is 9.49. The molecule has 0 bridgehead atoms. The molecule has 3 heterocycles. The van der Waals surface area contributed by atoms with Crippen LogP contribution >= 0.6 is 0 Å². The van der Waals surface area contributed by atoms with Crippen molar-refractivity contribution in [3.05, 3.63) is 0 Å². The lowest BCUT2D eigenvalue weighted by molar-refractivity contribution is -0.366. The molecule has 0 amide bonds. The summed E-state index contributed by atoms with van der Waals surface area (Å²) in [6, 6.07) is 0. The number of rotatable bonds is 7. The molecule has 3 saturated heterocycles. The topological polar surface area (TPSA) is 252 Å². The molecule has 15 heteroatoms. The van der Waals surface area contributed by atoms with Crippen molar-refractivity contribution in [2.24, 2.45) is 11.8 Å².